The fraction of sp³-hybridized carbons (Fsp3) is 0.737. The maximum absolute atomic E-state index is 11.3. The summed E-state index contributed by atoms with van der Waals surface area (Å²) in [4.78, 5) is 56.2. The third kappa shape index (κ3) is 59.4. The lowest BCUT2D eigenvalue weighted by Crippen LogP contribution is -2.14. The third-order valence-electron chi connectivity index (χ3n) is 30.5. The van der Waals surface area contributed by atoms with Crippen LogP contribution < -0.4 is 0 Å². The zero-order valence-electron chi connectivity index (χ0n) is 89.3. The van der Waals surface area contributed by atoms with E-state index in [2.05, 4.69) is 191 Å². The van der Waals surface area contributed by atoms with Crippen LogP contribution in [0.15, 0.2) is 91.0 Å². The molecule has 7 N–H and O–H groups in total. The van der Waals surface area contributed by atoms with Gasteiger partial charge in [0, 0.05) is 0 Å². The van der Waals surface area contributed by atoms with Gasteiger partial charge in [-0.05, 0) is 384 Å². The molecule has 5 aliphatic carbocycles. The van der Waals surface area contributed by atoms with Crippen LogP contribution in [0.4, 0.5) is 0 Å². The highest BCUT2D eigenvalue weighted by Crippen LogP contribution is 2.54. The molecule has 0 saturated heterocycles. The van der Waals surface area contributed by atoms with Crippen LogP contribution in [0.25, 0.3) is 0 Å². The van der Waals surface area contributed by atoms with Crippen molar-refractivity contribution in [3.05, 3.63) is 163 Å². The molecule has 5 fully saturated rings. The van der Waals surface area contributed by atoms with Crippen LogP contribution >= 0.6 is 0 Å². The van der Waals surface area contributed by atoms with Crippen molar-refractivity contribution in [1.82, 2.24) is 0 Å². The van der Waals surface area contributed by atoms with E-state index in [1.165, 1.54) is 222 Å². The van der Waals surface area contributed by atoms with Crippen molar-refractivity contribution in [2.45, 2.75) is 584 Å². The Morgan fingerprint density at radius 1 is 0.228 bits per heavy atom. The molecule has 5 aliphatic rings. The van der Waals surface area contributed by atoms with Crippen LogP contribution in [-0.4, -0.2) is 65.6 Å². The number of rotatable bonds is 60. The maximum atomic E-state index is 11.3. The number of hydrogen-bond donors (Lipinski definition) is 7. The maximum Gasteiger partial charge on any atom is 0.309 e. The molecular weight excluding hydrogens is 1790 g/mol. The minimum Gasteiger partial charge on any atom is -0.508 e. The van der Waals surface area contributed by atoms with Gasteiger partial charge in [0.25, 0.3) is 0 Å². The standard InChI is InChI=1S/3C25H40O2.2C24H38O3.10CH4/c1-20-13-14-21(11-7-6-10-16-25(17-18-25)23(26)27)22(19-20)12-8-5-9-15-24(2,3)4;1-20-12-11-14-21(22(20)15-8-6-9-16-24(2,3)4)13-7-5-10-17-25(18-19-25)23(26)27;1-20-13-14-21(11-7-5-9-15-24(2,3)4)22(19-20)12-8-6-10-16-25(17-18-25)23(26)27;1-23(2,3)14-8-4-7-11-20-18-21(25)13-12-19(20)10-6-5-9-15-24(16-17-24)22(26)27;1-23(2,3)15-8-5-7-13-20-19(12-10-14-21(20)25)11-6-4-9-16-24(17-18-24)22(26)27;;;;;;;;;;/h13-14,19H,5-12,15-18H2,1-4H3,(H,26,27);11-12,14H,5-10,13,15-19H2,1-4H3,(H,26,27);13-14,19H,5-12,15-18H2,1-4H3,(H,26,27);12-13,18,25H,4-11,14-17H2,1-3H3,(H,26,27);10,12,14,25H,4-9,11,13,15-18H2,1-3H3,(H,26,27);10*1H4. The van der Waals surface area contributed by atoms with E-state index in [-0.39, 0.29) is 101 Å². The summed E-state index contributed by atoms with van der Waals surface area (Å²) in [6, 6.07) is 32.3. The second-order valence-electron chi connectivity index (χ2n) is 49.5. The molecule has 5 saturated carbocycles. The quantitative estimate of drug-likeness (QED) is 0.0181. The Labute approximate surface area is 897 Å². The van der Waals surface area contributed by atoms with Gasteiger partial charge in [-0.2, -0.15) is 0 Å². The molecular formula is C133H236O12. The number of aliphatic carboxylic acids is 5. The molecule has 0 atom stereocenters. The van der Waals surface area contributed by atoms with E-state index in [9.17, 15) is 59.7 Å². The number of unbranched alkanes of at least 4 members (excludes halogenated alkanes) is 20. The van der Waals surface area contributed by atoms with Gasteiger partial charge in [-0.1, -0.05) is 390 Å². The minimum absolute atomic E-state index is 0. The van der Waals surface area contributed by atoms with Crippen molar-refractivity contribution in [1.29, 1.82) is 0 Å². The zero-order valence-corrected chi connectivity index (χ0v) is 89.3. The molecule has 840 valence electrons. The lowest BCUT2D eigenvalue weighted by molar-refractivity contribution is -0.144. The lowest BCUT2D eigenvalue weighted by atomic mass is 9.88. The van der Waals surface area contributed by atoms with Crippen LogP contribution in [0.3, 0.4) is 0 Å². The number of benzene rings is 5. The summed E-state index contributed by atoms with van der Waals surface area (Å²) in [6.07, 6.45) is 66.0. The van der Waals surface area contributed by atoms with Gasteiger partial charge in [0.05, 0.1) is 27.1 Å². The first-order chi connectivity index (χ1) is 63.6. The van der Waals surface area contributed by atoms with Crippen LogP contribution in [0.2, 0.25) is 0 Å². The fourth-order valence-corrected chi connectivity index (χ4v) is 20.1. The van der Waals surface area contributed by atoms with E-state index in [0.29, 0.717) is 38.6 Å². The Morgan fingerprint density at radius 3 is 0.683 bits per heavy atom. The van der Waals surface area contributed by atoms with Crippen molar-refractivity contribution < 1.29 is 59.7 Å². The molecule has 0 spiro atoms. The summed E-state index contributed by atoms with van der Waals surface area (Å²) >= 11 is 0. The Morgan fingerprint density at radius 2 is 0.434 bits per heavy atom. The van der Waals surface area contributed by atoms with Gasteiger partial charge in [0.2, 0.25) is 0 Å². The minimum atomic E-state index is -0.607. The van der Waals surface area contributed by atoms with Crippen LogP contribution in [0.1, 0.15) is 571 Å². The first-order valence-electron chi connectivity index (χ1n) is 54.6. The second-order valence-corrected chi connectivity index (χ2v) is 49.5. The number of carboxylic acids is 5. The Hall–Kier alpha value is -6.95. The average molecular weight is 2030 g/mol. The average Bonchev–Trinajstić information content (AvgIpc) is 1.66. The fourth-order valence-electron chi connectivity index (χ4n) is 20.1. The van der Waals surface area contributed by atoms with E-state index in [4.69, 9.17) is 0 Å². The number of carbonyl (C=O) groups is 5. The molecule has 5 aromatic carbocycles. The Kier molecular flexibility index (Phi) is 72.5. The smallest absolute Gasteiger partial charge is 0.309 e. The largest absolute Gasteiger partial charge is 0.508 e. The number of phenols is 2. The first kappa shape index (κ1) is 146. The Balaban J connectivity index is -0.000000554. The molecule has 12 nitrogen and oxygen atoms in total. The van der Waals surface area contributed by atoms with Gasteiger partial charge in [0.1, 0.15) is 11.5 Å². The topological polar surface area (TPSA) is 227 Å². The predicted molar refractivity (Wildman–Crippen MR) is 633 cm³/mol. The first-order valence-corrected chi connectivity index (χ1v) is 54.6. The SMILES string of the molecule is C.C.C.C.C.C.C.C.C.C.CC(C)(C)CCCCCc1c(O)cccc1CCCCCC1(C(=O)O)CC1.CC(C)(C)CCCCCc1cc(O)ccc1CCCCCC1(C(=O)O)CC1.Cc1ccc(CCCCCC(C)(C)C)c(CCCCCC2(C(=O)O)CC2)c1.Cc1ccc(CCCCCC2(C(=O)O)CC2)c(CCCCCC(C)(C)C)c1.Cc1cccc(CCCCCC2(C(=O)O)CC2)c1CCCCCC(C)(C)C. The van der Waals surface area contributed by atoms with Gasteiger partial charge >= 0.3 is 29.8 Å². The molecule has 12 heteroatoms. The molecule has 0 bridgehead atoms. The number of aryl methyl sites for hydroxylation is 11. The van der Waals surface area contributed by atoms with E-state index in [1.54, 1.807) is 17.7 Å². The van der Waals surface area contributed by atoms with Crippen LogP contribution in [0.5, 0.6) is 11.5 Å². The van der Waals surface area contributed by atoms with Crippen molar-refractivity contribution in [3.8, 4) is 11.5 Å². The summed E-state index contributed by atoms with van der Waals surface area (Å²) in [5.74, 6) is -2.13. The predicted octanol–water partition coefficient (Wildman–Crippen LogP) is 40.7. The highest BCUT2D eigenvalue weighted by molar-refractivity contribution is 5.79. The van der Waals surface area contributed by atoms with Crippen molar-refractivity contribution in [2.24, 2.45) is 54.1 Å². The second kappa shape index (κ2) is 71.7. The highest BCUT2D eigenvalue weighted by atomic mass is 16.4. The van der Waals surface area contributed by atoms with Gasteiger partial charge in [-0.3, -0.25) is 24.0 Å². The molecule has 0 heterocycles. The molecule has 10 rings (SSSR count). The summed E-state index contributed by atoms with van der Waals surface area (Å²) in [7, 11) is 0. The van der Waals surface area contributed by atoms with E-state index < -0.39 is 29.8 Å². The van der Waals surface area contributed by atoms with E-state index in [0.717, 1.165) is 230 Å². The normalized spacial score (nSPS) is 14.6. The number of aromatic hydroxyl groups is 2. The Bertz CT molecular complexity index is 4030. The van der Waals surface area contributed by atoms with Crippen LogP contribution in [-0.2, 0) is 88.2 Å². The van der Waals surface area contributed by atoms with E-state index >= 15 is 0 Å². The third-order valence-corrected chi connectivity index (χ3v) is 30.5. The van der Waals surface area contributed by atoms with E-state index in [1.807, 2.05) is 12.1 Å². The number of phenolic OH excluding ortho intramolecular Hbond substituents is 2. The highest BCUT2D eigenvalue weighted by Gasteiger charge is 2.52. The molecule has 0 unspecified atom stereocenters. The lowest BCUT2D eigenvalue weighted by Gasteiger charge is -2.18. The summed E-state index contributed by atoms with van der Waals surface area (Å²) in [6.45, 7) is 41.3. The molecule has 145 heavy (non-hydrogen) atoms. The number of carboxylic acid groups (broad SMARTS) is 5. The van der Waals surface area contributed by atoms with Crippen molar-refractivity contribution in [3.63, 3.8) is 0 Å². The summed E-state index contributed by atoms with van der Waals surface area (Å²) in [5, 5.41) is 66.4. The van der Waals surface area contributed by atoms with Gasteiger partial charge in [0.15, 0.2) is 0 Å². The zero-order chi connectivity index (χ0) is 99.6. The van der Waals surface area contributed by atoms with Crippen LogP contribution in [0, 0.1) is 74.9 Å². The van der Waals surface area contributed by atoms with Gasteiger partial charge < -0.3 is 35.7 Å². The molecule has 0 aliphatic heterocycles. The van der Waals surface area contributed by atoms with Gasteiger partial charge in [-0.25, -0.2) is 0 Å². The van der Waals surface area contributed by atoms with Crippen molar-refractivity contribution in [2.75, 3.05) is 0 Å². The van der Waals surface area contributed by atoms with Gasteiger partial charge in [-0.15, -0.1) is 0 Å². The molecule has 0 radical (unpaired) electrons. The summed E-state index contributed by atoms with van der Waals surface area (Å²) in [5.41, 5.74) is 18.7. The van der Waals surface area contributed by atoms with Crippen molar-refractivity contribution >= 4 is 29.8 Å². The molecule has 0 aromatic heterocycles. The molecule has 0 amide bonds. The monoisotopic (exact) mass is 2030 g/mol. The number of hydrogen-bond acceptors (Lipinski definition) is 7. The molecule has 5 aromatic rings. The summed E-state index contributed by atoms with van der Waals surface area (Å²) < 4.78 is 0.